The predicted molar refractivity (Wildman–Crippen MR) is 91.4 cm³/mol. The lowest BCUT2D eigenvalue weighted by Crippen LogP contribution is -2.41. The Hall–Kier alpha value is -1.10. The molecular weight excluding hydrogens is 312 g/mol. The number of hydrogen-bond donors (Lipinski definition) is 1. The number of rotatable bonds is 5. The standard InChI is InChI=1S/C18H25ClN2O2/c19-16-5-2-1-4-15(16)13-21-9-7-14(8-10-21)12-20-18(22)17-6-3-11-23-17/h1-2,4-5,14,17H,3,6-13H2,(H,20,22)/t17-/m0/s1. The Morgan fingerprint density at radius 1 is 1.26 bits per heavy atom. The fourth-order valence-corrected chi connectivity index (χ4v) is 3.55. The van der Waals surface area contributed by atoms with Crippen molar-refractivity contribution in [2.75, 3.05) is 26.2 Å². The zero-order chi connectivity index (χ0) is 16.1. The van der Waals surface area contributed by atoms with Crippen LogP contribution in [0.1, 0.15) is 31.2 Å². The summed E-state index contributed by atoms with van der Waals surface area (Å²) in [7, 11) is 0. The average Bonchev–Trinajstić information content (AvgIpc) is 3.11. The summed E-state index contributed by atoms with van der Waals surface area (Å²) in [5.74, 6) is 0.642. The molecule has 0 saturated carbocycles. The van der Waals surface area contributed by atoms with Crippen LogP contribution in [0.3, 0.4) is 0 Å². The Balaban J connectivity index is 1.38. The van der Waals surface area contributed by atoms with Gasteiger partial charge in [0, 0.05) is 24.7 Å². The molecule has 1 atom stereocenters. The van der Waals surface area contributed by atoms with Crippen molar-refractivity contribution >= 4 is 17.5 Å². The highest BCUT2D eigenvalue weighted by Gasteiger charge is 2.25. The van der Waals surface area contributed by atoms with Crippen molar-refractivity contribution in [3.8, 4) is 0 Å². The Bertz CT molecular complexity index is 524. The molecule has 126 valence electrons. The van der Waals surface area contributed by atoms with Gasteiger partial charge in [0.2, 0.25) is 5.91 Å². The van der Waals surface area contributed by atoms with E-state index in [2.05, 4.69) is 16.3 Å². The zero-order valence-electron chi connectivity index (χ0n) is 13.5. The maximum Gasteiger partial charge on any atom is 0.249 e. The van der Waals surface area contributed by atoms with Crippen LogP contribution < -0.4 is 5.32 Å². The first-order valence-corrected chi connectivity index (χ1v) is 8.95. The predicted octanol–water partition coefficient (Wildman–Crippen LogP) is 2.85. The number of carbonyl (C=O) groups excluding carboxylic acids is 1. The van der Waals surface area contributed by atoms with E-state index < -0.39 is 0 Å². The molecule has 0 aliphatic carbocycles. The second-order valence-corrected chi connectivity index (χ2v) is 6.96. The molecule has 0 aromatic heterocycles. The topological polar surface area (TPSA) is 41.6 Å². The maximum atomic E-state index is 12.0. The van der Waals surface area contributed by atoms with Gasteiger partial charge in [-0.3, -0.25) is 9.69 Å². The molecule has 23 heavy (non-hydrogen) atoms. The van der Waals surface area contributed by atoms with Crippen LogP contribution in [0.4, 0.5) is 0 Å². The number of hydrogen-bond acceptors (Lipinski definition) is 3. The van der Waals surface area contributed by atoms with E-state index in [-0.39, 0.29) is 12.0 Å². The van der Waals surface area contributed by atoms with Crippen molar-refractivity contribution in [1.82, 2.24) is 10.2 Å². The smallest absolute Gasteiger partial charge is 0.249 e. The van der Waals surface area contributed by atoms with Crippen LogP contribution in [0, 0.1) is 5.92 Å². The van der Waals surface area contributed by atoms with Gasteiger partial charge in [0.1, 0.15) is 6.10 Å². The summed E-state index contributed by atoms with van der Waals surface area (Å²) in [6, 6.07) is 8.05. The van der Waals surface area contributed by atoms with Crippen LogP contribution in [0.2, 0.25) is 5.02 Å². The summed E-state index contributed by atoms with van der Waals surface area (Å²) in [5.41, 5.74) is 1.19. The van der Waals surface area contributed by atoms with E-state index in [4.69, 9.17) is 16.3 Å². The third kappa shape index (κ3) is 4.69. The quantitative estimate of drug-likeness (QED) is 0.899. The lowest BCUT2D eigenvalue weighted by atomic mass is 9.96. The molecule has 2 aliphatic rings. The van der Waals surface area contributed by atoms with Crippen LogP contribution in [-0.2, 0) is 16.1 Å². The number of benzene rings is 1. The highest BCUT2D eigenvalue weighted by Crippen LogP contribution is 2.22. The van der Waals surface area contributed by atoms with Gasteiger partial charge in [0.05, 0.1) is 0 Å². The lowest BCUT2D eigenvalue weighted by molar-refractivity contribution is -0.130. The van der Waals surface area contributed by atoms with Crippen LogP contribution in [0.15, 0.2) is 24.3 Å². The SMILES string of the molecule is O=C(NCC1CCN(Cc2ccccc2Cl)CC1)[C@@H]1CCCO1. The molecule has 1 amide bonds. The summed E-state index contributed by atoms with van der Waals surface area (Å²) in [6.07, 6.45) is 3.89. The van der Waals surface area contributed by atoms with Gasteiger partial charge >= 0.3 is 0 Å². The first-order chi connectivity index (χ1) is 11.2. The van der Waals surface area contributed by atoms with Gasteiger partial charge in [-0.1, -0.05) is 29.8 Å². The van der Waals surface area contributed by atoms with E-state index >= 15 is 0 Å². The Morgan fingerprint density at radius 2 is 2.04 bits per heavy atom. The second-order valence-electron chi connectivity index (χ2n) is 6.56. The van der Waals surface area contributed by atoms with E-state index in [1.165, 1.54) is 5.56 Å². The normalized spacial score (nSPS) is 23.1. The van der Waals surface area contributed by atoms with Crippen molar-refractivity contribution in [1.29, 1.82) is 0 Å². The fourth-order valence-electron chi connectivity index (χ4n) is 3.36. The molecule has 3 rings (SSSR count). The highest BCUT2D eigenvalue weighted by atomic mass is 35.5. The number of carbonyl (C=O) groups is 1. The minimum absolute atomic E-state index is 0.0704. The van der Waals surface area contributed by atoms with Gasteiger partial charge in [-0.25, -0.2) is 0 Å². The molecular formula is C18H25ClN2O2. The number of halogens is 1. The molecule has 0 bridgehead atoms. The first kappa shape index (κ1) is 16.7. The van der Waals surface area contributed by atoms with Crippen molar-refractivity contribution in [3.05, 3.63) is 34.9 Å². The van der Waals surface area contributed by atoms with Crippen molar-refractivity contribution in [3.63, 3.8) is 0 Å². The molecule has 0 unspecified atom stereocenters. The molecule has 4 nitrogen and oxygen atoms in total. The minimum atomic E-state index is -0.213. The third-order valence-corrected chi connectivity index (χ3v) is 5.21. The van der Waals surface area contributed by atoms with Crippen molar-refractivity contribution in [2.24, 2.45) is 5.92 Å². The zero-order valence-corrected chi connectivity index (χ0v) is 14.2. The molecule has 1 aromatic rings. The summed E-state index contributed by atoms with van der Waals surface area (Å²) < 4.78 is 5.42. The number of nitrogens with one attached hydrogen (secondary N) is 1. The van der Waals surface area contributed by atoms with Crippen LogP contribution in [0.5, 0.6) is 0 Å². The Morgan fingerprint density at radius 3 is 2.74 bits per heavy atom. The van der Waals surface area contributed by atoms with Crippen molar-refractivity contribution in [2.45, 2.75) is 38.3 Å². The number of ether oxygens (including phenoxy) is 1. The molecule has 0 radical (unpaired) electrons. The highest BCUT2D eigenvalue weighted by molar-refractivity contribution is 6.31. The number of nitrogens with zero attached hydrogens (tertiary/aromatic N) is 1. The number of likely N-dealkylation sites (tertiary alicyclic amines) is 1. The van der Waals surface area contributed by atoms with Crippen LogP contribution >= 0.6 is 11.6 Å². The monoisotopic (exact) mass is 336 g/mol. The second kappa shape index (κ2) is 8.13. The largest absolute Gasteiger partial charge is 0.368 e. The molecule has 2 aliphatic heterocycles. The molecule has 0 spiro atoms. The molecule has 1 aromatic carbocycles. The van der Waals surface area contributed by atoms with E-state index in [1.807, 2.05) is 18.2 Å². The third-order valence-electron chi connectivity index (χ3n) is 4.85. The van der Waals surface area contributed by atoms with Gasteiger partial charge in [0.15, 0.2) is 0 Å². The van der Waals surface area contributed by atoms with Gasteiger partial charge in [-0.05, 0) is 56.3 Å². The van der Waals surface area contributed by atoms with E-state index in [0.717, 1.165) is 63.5 Å². The van der Waals surface area contributed by atoms with Crippen LogP contribution in [-0.4, -0.2) is 43.2 Å². The first-order valence-electron chi connectivity index (χ1n) is 8.57. The van der Waals surface area contributed by atoms with Gasteiger partial charge < -0.3 is 10.1 Å². The van der Waals surface area contributed by atoms with E-state index in [0.29, 0.717) is 5.92 Å². The van der Waals surface area contributed by atoms with Gasteiger partial charge in [-0.2, -0.15) is 0 Å². The van der Waals surface area contributed by atoms with Gasteiger partial charge in [-0.15, -0.1) is 0 Å². The maximum absolute atomic E-state index is 12.0. The summed E-state index contributed by atoms with van der Waals surface area (Å²) in [5, 5.41) is 3.91. The lowest BCUT2D eigenvalue weighted by Gasteiger charge is -2.32. The molecule has 5 heteroatoms. The molecule has 2 fully saturated rings. The summed E-state index contributed by atoms with van der Waals surface area (Å²) in [4.78, 5) is 14.4. The van der Waals surface area contributed by atoms with E-state index in [9.17, 15) is 4.79 Å². The number of amides is 1. The van der Waals surface area contributed by atoms with E-state index in [1.54, 1.807) is 0 Å². The van der Waals surface area contributed by atoms with Crippen molar-refractivity contribution < 1.29 is 9.53 Å². The minimum Gasteiger partial charge on any atom is -0.368 e. The fraction of sp³-hybridized carbons (Fsp3) is 0.611. The average molecular weight is 337 g/mol. The summed E-state index contributed by atoms with van der Waals surface area (Å²) in [6.45, 7) is 4.53. The summed E-state index contributed by atoms with van der Waals surface area (Å²) >= 11 is 6.23. The molecule has 2 heterocycles. The van der Waals surface area contributed by atoms with Gasteiger partial charge in [0.25, 0.3) is 0 Å². The van der Waals surface area contributed by atoms with Crippen LogP contribution in [0.25, 0.3) is 0 Å². The molecule has 1 N–H and O–H groups in total. The molecule has 2 saturated heterocycles. The Kier molecular flexibility index (Phi) is 5.92. The number of piperidine rings is 1. The Labute approximate surface area is 143 Å².